The minimum atomic E-state index is -0.923. The van der Waals surface area contributed by atoms with Gasteiger partial charge in [0.2, 0.25) is 0 Å². The van der Waals surface area contributed by atoms with Crippen molar-refractivity contribution >= 4 is 22.6 Å². The smallest absolute Gasteiger partial charge is 0.169 e. The molecule has 1 aliphatic heterocycles. The molecule has 174 valence electrons. The average molecular weight is 560 g/mol. The molecule has 3 unspecified atom stereocenters. The predicted molar refractivity (Wildman–Crippen MR) is 135 cm³/mol. The first-order chi connectivity index (χ1) is 16.2. The van der Waals surface area contributed by atoms with Gasteiger partial charge in [-0.15, -0.1) is 0 Å². The van der Waals surface area contributed by atoms with Crippen LogP contribution >= 0.6 is 22.6 Å². The fourth-order valence-electron chi connectivity index (χ4n) is 3.79. The van der Waals surface area contributed by atoms with Crippen LogP contribution in [0.4, 0.5) is 0 Å². The third kappa shape index (κ3) is 7.09. The molecule has 3 aromatic rings. The highest BCUT2D eigenvalue weighted by molar-refractivity contribution is 14.1. The summed E-state index contributed by atoms with van der Waals surface area (Å²) in [5, 5.41) is 10.5. The summed E-state index contributed by atoms with van der Waals surface area (Å²) in [6.07, 6.45) is -2.11. The fourth-order valence-corrected chi connectivity index (χ4v) is 4.58. The molecule has 0 amide bonds. The van der Waals surface area contributed by atoms with Crippen LogP contribution in [0.3, 0.4) is 0 Å². The molecule has 1 heterocycles. The predicted octanol–water partition coefficient (Wildman–Crippen LogP) is 4.89. The van der Waals surface area contributed by atoms with E-state index in [1.807, 2.05) is 91.0 Å². The summed E-state index contributed by atoms with van der Waals surface area (Å²) in [6.45, 7) is 1.67. The Morgan fingerprint density at radius 2 is 1.27 bits per heavy atom. The summed E-state index contributed by atoms with van der Waals surface area (Å²) in [6, 6.07) is 30.0. The van der Waals surface area contributed by atoms with Crippen molar-refractivity contribution in [3.05, 3.63) is 108 Å². The zero-order chi connectivity index (χ0) is 22.9. The third-order valence-corrected chi connectivity index (χ3v) is 6.88. The molecule has 1 aliphatic rings. The Kier molecular flexibility index (Phi) is 9.28. The molecule has 0 aliphatic carbocycles. The number of halogens is 1. The van der Waals surface area contributed by atoms with Crippen LogP contribution in [0, 0.1) is 0 Å². The van der Waals surface area contributed by atoms with Crippen molar-refractivity contribution in [3.63, 3.8) is 0 Å². The van der Waals surface area contributed by atoms with E-state index in [2.05, 4.69) is 22.6 Å². The first-order valence-electron chi connectivity index (χ1n) is 11.1. The molecule has 0 saturated carbocycles. The van der Waals surface area contributed by atoms with Gasteiger partial charge in [-0.05, 0) is 16.7 Å². The quantitative estimate of drug-likeness (QED) is 0.267. The molecule has 5 nitrogen and oxygen atoms in total. The van der Waals surface area contributed by atoms with Gasteiger partial charge in [-0.25, -0.2) is 0 Å². The molecule has 4 rings (SSSR count). The lowest BCUT2D eigenvalue weighted by Crippen LogP contribution is -2.43. The number of aliphatic hydroxyl groups excluding tert-OH is 1. The second kappa shape index (κ2) is 12.6. The highest BCUT2D eigenvalue weighted by atomic mass is 127. The van der Waals surface area contributed by atoms with Crippen LogP contribution in [0.2, 0.25) is 0 Å². The summed E-state index contributed by atoms with van der Waals surface area (Å²) < 4.78 is 24.3. The maximum absolute atomic E-state index is 10.5. The third-order valence-electron chi connectivity index (χ3n) is 5.56. The molecular weight excluding hydrogens is 531 g/mol. The Morgan fingerprint density at radius 3 is 1.85 bits per heavy atom. The lowest BCUT2D eigenvalue weighted by molar-refractivity contribution is -0.166. The number of rotatable bonds is 11. The van der Waals surface area contributed by atoms with Crippen molar-refractivity contribution in [2.75, 3.05) is 6.61 Å². The summed E-state index contributed by atoms with van der Waals surface area (Å²) in [5.74, 6) is 0. The van der Waals surface area contributed by atoms with Crippen LogP contribution in [-0.4, -0.2) is 40.2 Å². The molecule has 0 spiro atoms. The Bertz CT molecular complexity index is 941. The molecule has 1 saturated heterocycles. The maximum atomic E-state index is 10.5. The van der Waals surface area contributed by atoms with E-state index in [4.69, 9.17) is 18.9 Å². The summed E-state index contributed by atoms with van der Waals surface area (Å²) in [4.78, 5) is 0. The monoisotopic (exact) mass is 560 g/mol. The van der Waals surface area contributed by atoms with Gasteiger partial charge in [-0.2, -0.15) is 0 Å². The van der Waals surface area contributed by atoms with Crippen LogP contribution in [0.1, 0.15) is 16.7 Å². The number of hydrogen-bond donors (Lipinski definition) is 1. The van der Waals surface area contributed by atoms with Crippen molar-refractivity contribution in [3.8, 4) is 0 Å². The van der Waals surface area contributed by atoms with Crippen molar-refractivity contribution in [2.24, 2.45) is 0 Å². The SMILES string of the molecule is O[C@@H]1OC(C(COCc2ccccc2)OCc2ccccc2)[C@H](OCc2ccccc2)C1I. The van der Waals surface area contributed by atoms with Crippen molar-refractivity contribution < 1.29 is 24.1 Å². The lowest BCUT2D eigenvalue weighted by Gasteiger charge is -2.28. The van der Waals surface area contributed by atoms with Gasteiger partial charge in [-0.3, -0.25) is 0 Å². The van der Waals surface area contributed by atoms with E-state index >= 15 is 0 Å². The Hall–Kier alpha value is -1.81. The van der Waals surface area contributed by atoms with E-state index in [9.17, 15) is 5.11 Å². The average Bonchev–Trinajstić information content (AvgIpc) is 3.15. The molecule has 0 radical (unpaired) electrons. The van der Waals surface area contributed by atoms with Gasteiger partial charge in [0.15, 0.2) is 6.29 Å². The highest BCUT2D eigenvalue weighted by Crippen LogP contribution is 2.33. The van der Waals surface area contributed by atoms with Gasteiger partial charge in [0.25, 0.3) is 0 Å². The number of aliphatic hydroxyl groups is 1. The van der Waals surface area contributed by atoms with Gasteiger partial charge in [0.1, 0.15) is 18.3 Å². The van der Waals surface area contributed by atoms with Crippen LogP contribution in [0.25, 0.3) is 0 Å². The zero-order valence-corrected chi connectivity index (χ0v) is 20.5. The van der Waals surface area contributed by atoms with Crippen molar-refractivity contribution in [2.45, 2.75) is 48.3 Å². The van der Waals surface area contributed by atoms with Crippen LogP contribution in [0.15, 0.2) is 91.0 Å². The highest BCUT2D eigenvalue weighted by Gasteiger charge is 2.47. The number of hydrogen-bond acceptors (Lipinski definition) is 5. The molecule has 33 heavy (non-hydrogen) atoms. The first-order valence-corrected chi connectivity index (χ1v) is 12.4. The molecule has 1 fully saturated rings. The van der Waals surface area contributed by atoms with Gasteiger partial charge in [-0.1, -0.05) is 114 Å². The molecule has 1 N–H and O–H groups in total. The first kappa shape index (κ1) is 24.3. The zero-order valence-electron chi connectivity index (χ0n) is 18.3. The van der Waals surface area contributed by atoms with Gasteiger partial charge in [0.05, 0.1) is 30.4 Å². The van der Waals surface area contributed by atoms with E-state index in [-0.39, 0.29) is 10.0 Å². The topological polar surface area (TPSA) is 57.2 Å². The minimum absolute atomic E-state index is 0.215. The number of ether oxygens (including phenoxy) is 4. The molecule has 5 atom stereocenters. The number of benzene rings is 3. The summed E-state index contributed by atoms with van der Waals surface area (Å²) in [5.41, 5.74) is 3.23. The Labute approximate surface area is 208 Å². The molecule has 0 bridgehead atoms. The second-order valence-corrected chi connectivity index (χ2v) is 9.47. The van der Waals surface area contributed by atoms with E-state index in [1.165, 1.54) is 0 Å². The standard InChI is InChI=1S/C27H29IO5/c28-24-26(32-18-22-14-8-3-9-15-22)25(33-27(24)29)23(31-17-21-12-6-2-7-13-21)19-30-16-20-10-4-1-5-11-20/h1-15,23-27,29H,16-19H2/t23?,24?,25?,26-,27-/m1/s1. The van der Waals surface area contributed by atoms with Gasteiger partial charge >= 0.3 is 0 Å². The summed E-state index contributed by atoms with van der Waals surface area (Å²) >= 11 is 2.20. The largest absolute Gasteiger partial charge is 0.374 e. The fraction of sp³-hybridized carbons (Fsp3) is 0.333. The van der Waals surface area contributed by atoms with Crippen molar-refractivity contribution in [1.82, 2.24) is 0 Å². The van der Waals surface area contributed by atoms with Gasteiger partial charge in [0, 0.05) is 0 Å². The van der Waals surface area contributed by atoms with Crippen LogP contribution in [0.5, 0.6) is 0 Å². The van der Waals surface area contributed by atoms with Gasteiger partial charge < -0.3 is 24.1 Å². The molecule has 6 heteroatoms. The van der Waals surface area contributed by atoms with E-state index in [1.54, 1.807) is 0 Å². The van der Waals surface area contributed by atoms with Crippen molar-refractivity contribution in [1.29, 1.82) is 0 Å². The summed E-state index contributed by atoms with van der Waals surface area (Å²) in [7, 11) is 0. The maximum Gasteiger partial charge on any atom is 0.169 e. The number of alkyl halides is 1. The Morgan fingerprint density at radius 1 is 0.758 bits per heavy atom. The molecular formula is C27H29IO5. The van der Waals surface area contributed by atoms with Crippen LogP contribution < -0.4 is 0 Å². The Balaban J connectivity index is 1.44. The van der Waals surface area contributed by atoms with E-state index < -0.39 is 18.5 Å². The lowest BCUT2D eigenvalue weighted by atomic mass is 10.1. The second-order valence-electron chi connectivity index (χ2n) is 8.03. The van der Waals surface area contributed by atoms with Crippen LogP contribution in [-0.2, 0) is 38.8 Å². The van der Waals surface area contributed by atoms with E-state index in [0.717, 1.165) is 16.7 Å². The normalized spacial score (nSPS) is 23.5. The molecule has 0 aromatic heterocycles. The van der Waals surface area contributed by atoms with E-state index in [0.29, 0.717) is 26.4 Å². The molecule has 3 aromatic carbocycles. The minimum Gasteiger partial charge on any atom is -0.374 e.